The van der Waals surface area contributed by atoms with Crippen molar-refractivity contribution >= 4 is 12.0 Å². The number of carbonyl (C=O) groups is 2. The van der Waals surface area contributed by atoms with E-state index in [9.17, 15) is 9.59 Å². The van der Waals surface area contributed by atoms with E-state index in [2.05, 4.69) is 5.32 Å². The lowest BCUT2D eigenvalue weighted by molar-refractivity contribution is -0.143. The Morgan fingerprint density at radius 3 is 2.62 bits per heavy atom. The zero-order valence-electron chi connectivity index (χ0n) is 12.6. The predicted octanol–water partition coefficient (Wildman–Crippen LogP) is 0.213. The van der Waals surface area contributed by atoms with Gasteiger partial charge in [0.15, 0.2) is 0 Å². The second kappa shape index (κ2) is 7.61. The smallest absolute Gasteiger partial charge is 0.320 e. The molecule has 7 nitrogen and oxygen atoms in total. The number of urea groups is 1. The van der Waals surface area contributed by atoms with E-state index >= 15 is 0 Å². The summed E-state index contributed by atoms with van der Waals surface area (Å²) in [7, 11) is 0. The van der Waals surface area contributed by atoms with Crippen molar-refractivity contribution in [3.8, 4) is 0 Å². The molecule has 0 aliphatic carbocycles. The minimum atomic E-state index is -0.815. The Morgan fingerprint density at radius 2 is 2.05 bits per heavy atom. The van der Waals surface area contributed by atoms with Gasteiger partial charge in [-0.2, -0.15) is 0 Å². The number of amides is 2. The van der Waals surface area contributed by atoms with Crippen LogP contribution < -0.4 is 5.32 Å². The standard InChI is InChI=1S/C14H25N3O4/c1-11(13(18)19)16-4-6-17(7-5-16)14(20)15-9-12-3-2-8-21-10-12/h11-12H,2-10H2,1H3,(H,15,20)(H,18,19). The van der Waals surface area contributed by atoms with E-state index in [4.69, 9.17) is 9.84 Å². The van der Waals surface area contributed by atoms with Gasteiger partial charge in [-0.25, -0.2) is 4.79 Å². The number of hydrogen-bond donors (Lipinski definition) is 2. The number of carboxylic acid groups (broad SMARTS) is 1. The van der Waals surface area contributed by atoms with E-state index in [1.165, 1.54) is 0 Å². The zero-order chi connectivity index (χ0) is 15.2. The molecule has 0 saturated carbocycles. The molecule has 0 spiro atoms. The summed E-state index contributed by atoms with van der Waals surface area (Å²) in [6.07, 6.45) is 2.16. The van der Waals surface area contributed by atoms with E-state index in [0.29, 0.717) is 38.6 Å². The van der Waals surface area contributed by atoms with Crippen LogP contribution in [0.2, 0.25) is 0 Å². The molecule has 2 aliphatic rings. The highest BCUT2D eigenvalue weighted by molar-refractivity contribution is 5.75. The predicted molar refractivity (Wildman–Crippen MR) is 77.2 cm³/mol. The summed E-state index contributed by atoms with van der Waals surface area (Å²) >= 11 is 0. The molecule has 0 bridgehead atoms. The summed E-state index contributed by atoms with van der Waals surface area (Å²) in [6.45, 7) is 6.25. The van der Waals surface area contributed by atoms with Crippen LogP contribution in [-0.4, -0.2) is 78.9 Å². The first-order valence-corrected chi connectivity index (χ1v) is 7.65. The summed E-state index contributed by atoms with van der Waals surface area (Å²) < 4.78 is 5.40. The minimum Gasteiger partial charge on any atom is -0.480 e. The van der Waals surface area contributed by atoms with E-state index in [1.807, 2.05) is 4.90 Å². The topological polar surface area (TPSA) is 82.1 Å². The van der Waals surface area contributed by atoms with Gasteiger partial charge in [-0.15, -0.1) is 0 Å². The maximum Gasteiger partial charge on any atom is 0.320 e. The van der Waals surface area contributed by atoms with Gasteiger partial charge in [0.1, 0.15) is 6.04 Å². The molecule has 0 radical (unpaired) electrons. The monoisotopic (exact) mass is 299 g/mol. The highest BCUT2D eigenvalue weighted by Crippen LogP contribution is 2.12. The van der Waals surface area contributed by atoms with Crippen molar-refractivity contribution in [3.05, 3.63) is 0 Å². The number of carbonyl (C=O) groups excluding carboxylic acids is 1. The van der Waals surface area contributed by atoms with Gasteiger partial charge >= 0.3 is 12.0 Å². The normalized spacial score (nSPS) is 25.4. The molecule has 2 amide bonds. The van der Waals surface area contributed by atoms with Gasteiger partial charge in [0.2, 0.25) is 0 Å². The maximum atomic E-state index is 12.1. The fourth-order valence-corrected chi connectivity index (χ4v) is 2.78. The van der Waals surface area contributed by atoms with Crippen molar-refractivity contribution in [2.45, 2.75) is 25.8 Å². The van der Waals surface area contributed by atoms with Crippen LogP contribution in [0.3, 0.4) is 0 Å². The summed E-state index contributed by atoms with van der Waals surface area (Å²) in [5, 5.41) is 12.0. The van der Waals surface area contributed by atoms with Gasteiger partial charge in [-0.05, 0) is 25.7 Å². The van der Waals surface area contributed by atoms with E-state index in [1.54, 1.807) is 11.8 Å². The number of carboxylic acids is 1. The first kappa shape index (κ1) is 16.0. The fourth-order valence-electron chi connectivity index (χ4n) is 2.78. The van der Waals surface area contributed by atoms with E-state index in [0.717, 1.165) is 26.1 Å². The molecule has 2 N–H and O–H groups in total. The molecule has 0 aromatic heterocycles. The molecule has 21 heavy (non-hydrogen) atoms. The number of piperazine rings is 1. The van der Waals surface area contributed by atoms with Crippen molar-refractivity contribution in [1.29, 1.82) is 0 Å². The van der Waals surface area contributed by atoms with Crippen LogP contribution in [-0.2, 0) is 9.53 Å². The second-order valence-electron chi connectivity index (χ2n) is 5.81. The van der Waals surface area contributed by atoms with Crippen LogP contribution in [0.25, 0.3) is 0 Å². The molecule has 2 atom stereocenters. The molecule has 0 aromatic rings. The molecule has 7 heteroatoms. The van der Waals surface area contributed by atoms with Gasteiger partial charge in [0, 0.05) is 39.3 Å². The Labute approximate surface area is 125 Å². The number of nitrogens with zero attached hydrogens (tertiary/aromatic N) is 2. The summed E-state index contributed by atoms with van der Waals surface area (Å²) in [6, 6.07) is -0.544. The van der Waals surface area contributed by atoms with Crippen LogP contribution in [0.4, 0.5) is 4.79 Å². The van der Waals surface area contributed by atoms with Crippen molar-refractivity contribution < 1.29 is 19.4 Å². The quantitative estimate of drug-likeness (QED) is 0.775. The summed E-state index contributed by atoms with van der Waals surface area (Å²) in [5.41, 5.74) is 0. The Hall–Kier alpha value is -1.34. The molecule has 2 heterocycles. The third-order valence-electron chi connectivity index (χ3n) is 4.30. The number of nitrogens with one attached hydrogen (secondary N) is 1. The third kappa shape index (κ3) is 4.57. The zero-order valence-corrected chi connectivity index (χ0v) is 12.6. The number of aliphatic carboxylic acids is 1. The van der Waals surface area contributed by atoms with E-state index in [-0.39, 0.29) is 6.03 Å². The largest absolute Gasteiger partial charge is 0.480 e. The SMILES string of the molecule is CC(C(=O)O)N1CCN(C(=O)NCC2CCCOC2)CC1. The Kier molecular flexibility index (Phi) is 5.81. The maximum absolute atomic E-state index is 12.1. The van der Waals surface area contributed by atoms with Crippen LogP contribution in [0, 0.1) is 5.92 Å². The minimum absolute atomic E-state index is 0.0526. The Balaban J connectivity index is 1.69. The number of ether oxygens (including phenoxy) is 1. The van der Waals surface area contributed by atoms with Gasteiger partial charge in [-0.1, -0.05) is 0 Å². The third-order valence-corrected chi connectivity index (χ3v) is 4.30. The van der Waals surface area contributed by atoms with Crippen molar-refractivity contribution in [2.75, 3.05) is 45.9 Å². The van der Waals surface area contributed by atoms with Crippen molar-refractivity contribution in [2.24, 2.45) is 5.92 Å². The molecule has 2 fully saturated rings. The molecule has 2 rings (SSSR count). The Bertz CT molecular complexity index is 363. The van der Waals surface area contributed by atoms with Gasteiger partial charge < -0.3 is 20.1 Å². The molecule has 0 aromatic carbocycles. The molecular weight excluding hydrogens is 274 g/mol. The first-order valence-electron chi connectivity index (χ1n) is 7.65. The first-order chi connectivity index (χ1) is 10.1. The Morgan fingerprint density at radius 1 is 1.33 bits per heavy atom. The van der Waals surface area contributed by atoms with Crippen LogP contribution in [0.1, 0.15) is 19.8 Å². The molecular formula is C14H25N3O4. The second-order valence-corrected chi connectivity index (χ2v) is 5.81. The average molecular weight is 299 g/mol. The summed E-state index contributed by atoms with van der Waals surface area (Å²) in [5.74, 6) is -0.402. The van der Waals surface area contributed by atoms with Crippen LogP contribution in [0.5, 0.6) is 0 Å². The van der Waals surface area contributed by atoms with Gasteiger partial charge in [0.05, 0.1) is 6.61 Å². The van der Waals surface area contributed by atoms with Crippen LogP contribution >= 0.6 is 0 Å². The van der Waals surface area contributed by atoms with Crippen LogP contribution in [0.15, 0.2) is 0 Å². The molecule has 2 unspecified atom stereocenters. The average Bonchev–Trinajstić information content (AvgIpc) is 2.53. The highest BCUT2D eigenvalue weighted by atomic mass is 16.5. The van der Waals surface area contributed by atoms with E-state index < -0.39 is 12.0 Å². The number of rotatable bonds is 4. The molecule has 2 aliphatic heterocycles. The molecule has 120 valence electrons. The lowest BCUT2D eigenvalue weighted by Crippen LogP contribution is -2.55. The van der Waals surface area contributed by atoms with Gasteiger partial charge in [0.25, 0.3) is 0 Å². The van der Waals surface area contributed by atoms with Crippen molar-refractivity contribution in [3.63, 3.8) is 0 Å². The van der Waals surface area contributed by atoms with Crippen molar-refractivity contribution in [1.82, 2.24) is 15.1 Å². The fraction of sp³-hybridized carbons (Fsp3) is 0.857. The lowest BCUT2D eigenvalue weighted by Gasteiger charge is -2.36. The summed E-state index contributed by atoms with van der Waals surface area (Å²) in [4.78, 5) is 26.7. The molecule has 2 saturated heterocycles. The van der Waals surface area contributed by atoms with Gasteiger partial charge in [-0.3, -0.25) is 9.69 Å². The lowest BCUT2D eigenvalue weighted by atomic mass is 10.0. The highest BCUT2D eigenvalue weighted by Gasteiger charge is 2.27. The number of hydrogen-bond acceptors (Lipinski definition) is 4.